The van der Waals surface area contributed by atoms with Gasteiger partial charge in [0.05, 0.1) is 17.6 Å². The van der Waals surface area contributed by atoms with Crippen molar-refractivity contribution in [3.63, 3.8) is 0 Å². The lowest BCUT2D eigenvalue weighted by molar-refractivity contribution is -0.134. The zero-order valence-corrected chi connectivity index (χ0v) is 12.3. The summed E-state index contributed by atoms with van der Waals surface area (Å²) < 4.78 is 1.95. The molecule has 0 aromatic carbocycles. The Balaban J connectivity index is 1.93. The summed E-state index contributed by atoms with van der Waals surface area (Å²) in [5.74, 6) is 0.526. The minimum absolute atomic E-state index is 0.198. The highest BCUT2D eigenvalue weighted by Gasteiger charge is 2.30. The Bertz CT molecular complexity index is 703. The second-order valence-electron chi connectivity index (χ2n) is 6.05. The maximum absolute atomic E-state index is 12.0. The number of hydrogen-bond donors (Lipinski definition) is 1. The van der Waals surface area contributed by atoms with E-state index in [1.54, 1.807) is 6.20 Å². The van der Waals surface area contributed by atoms with E-state index >= 15 is 0 Å². The number of imidazole rings is 1. The highest BCUT2D eigenvalue weighted by molar-refractivity contribution is 6.00. The van der Waals surface area contributed by atoms with Crippen LogP contribution in [0.1, 0.15) is 44.0 Å². The zero-order valence-electron chi connectivity index (χ0n) is 12.3. The first-order chi connectivity index (χ1) is 10.0. The van der Waals surface area contributed by atoms with E-state index in [-0.39, 0.29) is 17.7 Å². The molecule has 0 radical (unpaired) electrons. The third-order valence-corrected chi connectivity index (χ3v) is 3.82. The molecule has 1 atom stereocenters. The number of rotatable bonds is 3. The Kier molecular flexibility index (Phi) is 3.49. The van der Waals surface area contributed by atoms with Crippen molar-refractivity contribution in [2.45, 2.75) is 39.0 Å². The van der Waals surface area contributed by atoms with Crippen molar-refractivity contribution in [3.8, 4) is 0 Å². The Morgan fingerprint density at radius 2 is 2.24 bits per heavy atom. The maximum atomic E-state index is 12.0. The number of nitrogens with one attached hydrogen (secondary N) is 1. The molecule has 2 aromatic heterocycles. The molecule has 21 heavy (non-hydrogen) atoms. The fraction of sp³-hybridized carbons (Fsp3) is 0.438. The van der Waals surface area contributed by atoms with Gasteiger partial charge in [0.15, 0.2) is 0 Å². The number of nitrogens with zero attached hydrogens (tertiary/aromatic N) is 2. The summed E-state index contributed by atoms with van der Waals surface area (Å²) in [6, 6.07) is 4.19. The standard InChI is InChI=1S/C16H19N3O2/c1-10(2)7-11-5-6-19-12(8-11)9-17-15(19)13-3-4-14(20)18-16(13)21/h5-6,8-10,13H,3-4,7H2,1-2H3,(H,18,20,21). The van der Waals surface area contributed by atoms with Crippen LogP contribution in [0.2, 0.25) is 0 Å². The lowest BCUT2D eigenvalue weighted by atomic mass is 9.97. The molecular weight excluding hydrogens is 266 g/mol. The van der Waals surface area contributed by atoms with Gasteiger partial charge in [-0.3, -0.25) is 14.9 Å². The van der Waals surface area contributed by atoms with E-state index in [2.05, 4.69) is 36.3 Å². The van der Waals surface area contributed by atoms with E-state index < -0.39 is 0 Å². The van der Waals surface area contributed by atoms with Crippen LogP contribution in [0.15, 0.2) is 24.5 Å². The third-order valence-electron chi connectivity index (χ3n) is 3.82. The van der Waals surface area contributed by atoms with Crippen LogP contribution in [-0.2, 0) is 16.0 Å². The molecule has 1 aliphatic heterocycles. The maximum Gasteiger partial charge on any atom is 0.237 e. The summed E-state index contributed by atoms with van der Waals surface area (Å²) in [6.45, 7) is 4.38. The number of aromatic nitrogens is 2. The van der Waals surface area contributed by atoms with Gasteiger partial charge in [-0.05, 0) is 36.5 Å². The molecular formula is C16H19N3O2. The number of carbonyl (C=O) groups is 2. The predicted molar refractivity (Wildman–Crippen MR) is 78.9 cm³/mol. The van der Waals surface area contributed by atoms with Gasteiger partial charge < -0.3 is 4.40 Å². The zero-order chi connectivity index (χ0) is 15.0. The second-order valence-corrected chi connectivity index (χ2v) is 6.05. The lowest BCUT2D eigenvalue weighted by Gasteiger charge is -2.19. The molecule has 1 fully saturated rings. The average molecular weight is 285 g/mol. The van der Waals surface area contributed by atoms with E-state index in [0.717, 1.165) is 11.9 Å². The first-order valence-electron chi connectivity index (χ1n) is 7.34. The fourth-order valence-electron chi connectivity index (χ4n) is 2.86. The van der Waals surface area contributed by atoms with Crippen LogP contribution >= 0.6 is 0 Å². The van der Waals surface area contributed by atoms with Gasteiger partial charge in [0.25, 0.3) is 0 Å². The summed E-state index contributed by atoms with van der Waals surface area (Å²) in [5, 5.41) is 2.39. The van der Waals surface area contributed by atoms with E-state index in [0.29, 0.717) is 24.6 Å². The summed E-state index contributed by atoms with van der Waals surface area (Å²) in [6.07, 6.45) is 5.69. The number of amides is 2. The largest absolute Gasteiger partial charge is 0.303 e. The fourth-order valence-corrected chi connectivity index (χ4v) is 2.86. The SMILES string of the molecule is CC(C)Cc1ccn2c(C3CCC(=O)NC3=O)ncc2c1. The highest BCUT2D eigenvalue weighted by atomic mass is 16.2. The van der Waals surface area contributed by atoms with Crippen LogP contribution < -0.4 is 5.32 Å². The summed E-state index contributed by atoms with van der Waals surface area (Å²) in [7, 11) is 0. The summed E-state index contributed by atoms with van der Waals surface area (Å²) in [5.41, 5.74) is 2.26. The molecule has 0 aliphatic carbocycles. The molecule has 5 nitrogen and oxygen atoms in total. The van der Waals surface area contributed by atoms with E-state index in [4.69, 9.17) is 0 Å². The van der Waals surface area contributed by atoms with Gasteiger partial charge in [-0.15, -0.1) is 0 Å². The Morgan fingerprint density at radius 3 is 2.95 bits per heavy atom. The molecule has 1 unspecified atom stereocenters. The van der Waals surface area contributed by atoms with Gasteiger partial charge in [-0.2, -0.15) is 0 Å². The smallest absolute Gasteiger partial charge is 0.237 e. The molecule has 0 bridgehead atoms. The van der Waals surface area contributed by atoms with Gasteiger partial charge in [-0.25, -0.2) is 4.98 Å². The van der Waals surface area contributed by atoms with Crippen molar-refractivity contribution in [1.29, 1.82) is 0 Å². The van der Waals surface area contributed by atoms with Gasteiger partial charge in [-0.1, -0.05) is 13.8 Å². The van der Waals surface area contributed by atoms with Gasteiger partial charge in [0.1, 0.15) is 5.82 Å². The number of carbonyl (C=O) groups excluding carboxylic acids is 2. The van der Waals surface area contributed by atoms with Crippen LogP contribution in [-0.4, -0.2) is 21.2 Å². The minimum Gasteiger partial charge on any atom is -0.303 e. The summed E-state index contributed by atoms with van der Waals surface area (Å²) in [4.78, 5) is 27.6. The number of pyridine rings is 1. The molecule has 110 valence electrons. The molecule has 0 saturated carbocycles. The Labute approximate surface area is 123 Å². The van der Waals surface area contributed by atoms with Crippen LogP contribution in [0.4, 0.5) is 0 Å². The molecule has 1 saturated heterocycles. The van der Waals surface area contributed by atoms with Crippen LogP contribution in [0.5, 0.6) is 0 Å². The van der Waals surface area contributed by atoms with E-state index in [1.165, 1.54) is 5.56 Å². The van der Waals surface area contributed by atoms with Gasteiger partial charge >= 0.3 is 0 Å². The molecule has 2 amide bonds. The number of fused-ring (bicyclic) bond motifs is 1. The molecule has 3 rings (SSSR count). The Hall–Kier alpha value is -2.17. The first-order valence-corrected chi connectivity index (χ1v) is 7.34. The van der Waals surface area contributed by atoms with E-state index in [1.807, 2.05) is 10.6 Å². The number of piperidine rings is 1. The Morgan fingerprint density at radius 1 is 1.43 bits per heavy atom. The number of imide groups is 1. The van der Waals surface area contributed by atoms with Gasteiger partial charge in [0, 0.05) is 12.6 Å². The van der Waals surface area contributed by atoms with Gasteiger partial charge in [0.2, 0.25) is 11.8 Å². The second kappa shape index (κ2) is 5.31. The molecule has 1 aliphatic rings. The van der Waals surface area contributed by atoms with Crippen molar-refractivity contribution in [1.82, 2.24) is 14.7 Å². The third kappa shape index (κ3) is 2.68. The summed E-state index contributed by atoms with van der Waals surface area (Å²) >= 11 is 0. The molecule has 5 heteroatoms. The van der Waals surface area contributed by atoms with Crippen molar-refractivity contribution in [2.24, 2.45) is 5.92 Å². The molecule has 1 N–H and O–H groups in total. The quantitative estimate of drug-likeness (QED) is 0.878. The topological polar surface area (TPSA) is 63.5 Å². The van der Waals surface area contributed by atoms with Crippen LogP contribution in [0.25, 0.3) is 5.52 Å². The average Bonchev–Trinajstić information content (AvgIpc) is 2.81. The van der Waals surface area contributed by atoms with Crippen molar-refractivity contribution < 1.29 is 9.59 Å². The highest BCUT2D eigenvalue weighted by Crippen LogP contribution is 2.25. The van der Waals surface area contributed by atoms with Crippen molar-refractivity contribution in [3.05, 3.63) is 35.9 Å². The predicted octanol–water partition coefficient (Wildman–Crippen LogP) is 2.05. The molecule has 0 spiro atoms. The monoisotopic (exact) mass is 285 g/mol. The van der Waals surface area contributed by atoms with E-state index in [9.17, 15) is 9.59 Å². The minimum atomic E-state index is -0.346. The normalized spacial score (nSPS) is 19.3. The van der Waals surface area contributed by atoms with Crippen LogP contribution in [0, 0.1) is 5.92 Å². The number of hydrogen-bond acceptors (Lipinski definition) is 3. The van der Waals surface area contributed by atoms with Crippen molar-refractivity contribution >= 4 is 17.3 Å². The first kappa shape index (κ1) is 13.8. The molecule has 3 heterocycles. The lowest BCUT2D eigenvalue weighted by Crippen LogP contribution is -2.40. The van der Waals surface area contributed by atoms with Crippen molar-refractivity contribution in [2.75, 3.05) is 0 Å². The molecule has 2 aromatic rings. The van der Waals surface area contributed by atoms with Crippen LogP contribution in [0.3, 0.4) is 0 Å².